The highest BCUT2D eigenvalue weighted by atomic mass is 16.1. The third-order valence-corrected chi connectivity index (χ3v) is 5.31. The molecule has 0 spiro atoms. The third-order valence-electron chi connectivity index (χ3n) is 5.31. The number of nitrogens with zero attached hydrogens (tertiary/aromatic N) is 4. The van der Waals surface area contributed by atoms with Gasteiger partial charge in [0, 0.05) is 38.5 Å². The molecule has 0 aliphatic carbocycles. The summed E-state index contributed by atoms with van der Waals surface area (Å²) >= 11 is 0. The van der Waals surface area contributed by atoms with E-state index in [1.165, 1.54) is 16.7 Å². The van der Waals surface area contributed by atoms with Crippen LogP contribution in [-0.2, 0) is 24.3 Å². The molecule has 0 bridgehead atoms. The molecule has 0 fully saturated rings. The molecule has 2 aromatic rings. The number of rotatable bonds is 5. The van der Waals surface area contributed by atoms with Gasteiger partial charge < -0.3 is 9.88 Å². The molecule has 1 aliphatic heterocycles. The molecule has 146 valence electrons. The number of nitrogens with one attached hydrogen (secondary N) is 1. The summed E-state index contributed by atoms with van der Waals surface area (Å²) in [6.45, 7) is 13.8. The number of aryl methyl sites for hydroxylation is 2. The normalized spacial score (nSPS) is 16.1. The van der Waals surface area contributed by atoms with Crippen LogP contribution in [0.4, 0.5) is 0 Å². The second kappa shape index (κ2) is 8.21. The first kappa shape index (κ1) is 19.5. The van der Waals surface area contributed by atoms with Crippen LogP contribution in [0.15, 0.2) is 18.2 Å². The predicted octanol–water partition coefficient (Wildman–Crippen LogP) is 2.79. The van der Waals surface area contributed by atoms with Crippen LogP contribution in [0.25, 0.3) is 0 Å². The fourth-order valence-corrected chi connectivity index (χ4v) is 3.58. The minimum absolute atomic E-state index is 0.0350. The summed E-state index contributed by atoms with van der Waals surface area (Å²) in [4.78, 5) is 14.5. The summed E-state index contributed by atoms with van der Waals surface area (Å²) < 4.78 is 2.19. The van der Waals surface area contributed by atoms with Gasteiger partial charge in [0.05, 0.1) is 6.04 Å². The fourth-order valence-electron chi connectivity index (χ4n) is 3.58. The molecule has 0 unspecified atom stereocenters. The van der Waals surface area contributed by atoms with Crippen LogP contribution in [0, 0.1) is 19.8 Å². The summed E-state index contributed by atoms with van der Waals surface area (Å²) in [7, 11) is 0. The number of carbonyl (C=O) groups is 1. The predicted molar refractivity (Wildman–Crippen MR) is 106 cm³/mol. The van der Waals surface area contributed by atoms with Crippen molar-refractivity contribution in [3.05, 3.63) is 46.5 Å². The van der Waals surface area contributed by atoms with Crippen molar-refractivity contribution >= 4 is 5.91 Å². The van der Waals surface area contributed by atoms with Gasteiger partial charge in [0.2, 0.25) is 5.91 Å². The van der Waals surface area contributed by atoms with Gasteiger partial charge in [-0.05, 0) is 31.9 Å². The zero-order chi connectivity index (χ0) is 19.6. The lowest BCUT2D eigenvalue weighted by atomic mass is 10.1. The number of fused-ring (bicyclic) bond motifs is 1. The first-order valence-corrected chi connectivity index (χ1v) is 9.86. The lowest BCUT2D eigenvalue weighted by molar-refractivity contribution is -0.124. The Kier molecular flexibility index (Phi) is 5.95. The van der Waals surface area contributed by atoms with Gasteiger partial charge >= 0.3 is 0 Å². The Morgan fingerprint density at radius 1 is 1.15 bits per heavy atom. The number of hydrogen-bond acceptors (Lipinski definition) is 4. The Hall–Kier alpha value is -2.21. The second-order valence-corrected chi connectivity index (χ2v) is 7.97. The standard InChI is InChI=1S/C21H31N5O/c1-14(2)21(27)22-17(5)20-24-23-19-8-9-25(10-11-26(19)20)13-18-7-6-15(3)12-16(18)4/h6-7,12,14,17H,8-11,13H2,1-5H3,(H,22,27)/t17-/m1/s1. The van der Waals surface area contributed by atoms with E-state index in [-0.39, 0.29) is 17.9 Å². The highest BCUT2D eigenvalue weighted by molar-refractivity contribution is 5.78. The van der Waals surface area contributed by atoms with Gasteiger partial charge in [-0.15, -0.1) is 10.2 Å². The van der Waals surface area contributed by atoms with Crippen LogP contribution in [0.2, 0.25) is 0 Å². The van der Waals surface area contributed by atoms with E-state index in [0.29, 0.717) is 0 Å². The van der Waals surface area contributed by atoms with Gasteiger partial charge in [0.15, 0.2) is 5.82 Å². The molecule has 1 aromatic carbocycles. The summed E-state index contributed by atoms with van der Waals surface area (Å²) in [5.41, 5.74) is 4.04. The minimum Gasteiger partial charge on any atom is -0.346 e. The van der Waals surface area contributed by atoms with Crippen LogP contribution >= 0.6 is 0 Å². The van der Waals surface area contributed by atoms with Gasteiger partial charge in [-0.25, -0.2) is 0 Å². The van der Waals surface area contributed by atoms with E-state index in [1.54, 1.807) is 0 Å². The van der Waals surface area contributed by atoms with Gasteiger partial charge in [-0.2, -0.15) is 0 Å². The van der Waals surface area contributed by atoms with Crippen molar-refractivity contribution in [1.82, 2.24) is 25.0 Å². The summed E-state index contributed by atoms with van der Waals surface area (Å²) in [6, 6.07) is 6.54. The Bertz CT molecular complexity index is 811. The molecule has 1 amide bonds. The molecule has 6 nitrogen and oxygen atoms in total. The summed E-state index contributed by atoms with van der Waals surface area (Å²) in [6.07, 6.45) is 0.878. The van der Waals surface area contributed by atoms with Crippen LogP contribution in [-0.4, -0.2) is 38.7 Å². The van der Waals surface area contributed by atoms with Crippen LogP contribution < -0.4 is 5.32 Å². The van der Waals surface area contributed by atoms with E-state index in [1.807, 2.05) is 20.8 Å². The first-order chi connectivity index (χ1) is 12.8. The van der Waals surface area contributed by atoms with E-state index >= 15 is 0 Å². The molecule has 27 heavy (non-hydrogen) atoms. The molecule has 0 saturated carbocycles. The zero-order valence-electron chi connectivity index (χ0n) is 17.1. The number of aromatic nitrogens is 3. The van der Waals surface area contributed by atoms with E-state index < -0.39 is 0 Å². The number of amides is 1. The van der Waals surface area contributed by atoms with Gasteiger partial charge in [-0.1, -0.05) is 37.6 Å². The molecule has 1 aliphatic rings. The highest BCUT2D eigenvalue weighted by Crippen LogP contribution is 2.18. The SMILES string of the molecule is Cc1ccc(CN2CCc3nnc([C@@H](C)NC(=O)C(C)C)n3CC2)c(C)c1. The maximum absolute atomic E-state index is 12.0. The van der Waals surface area contributed by atoms with Gasteiger partial charge in [0.25, 0.3) is 0 Å². The van der Waals surface area contributed by atoms with Crippen molar-refractivity contribution in [2.24, 2.45) is 5.92 Å². The Balaban J connectivity index is 1.68. The molecule has 1 atom stereocenters. The molecule has 2 heterocycles. The summed E-state index contributed by atoms with van der Waals surface area (Å²) in [5, 5.41) is 11.8. The lowest BCUT2D eigenvalue weighted by Gasteiger charge is -2.21. The quantitative estimate of drug-likeness (QED) is 0.880. The largest absolute Gasteiger partial charge is 0.346 e. The van der Waals surface area contributed by atoms with Crippen LogP contribution in [0.3, 0.4) is 0 Å². The highest BCUT2D eigenvalue weighted by Gasteiger charge is 2.23. The van der Waals surface area contributed by atoms with Gasteiger partial charge in [-0.3, -0.25) is 9.69 Å². The zero-order valence-corrected chi connectivity index (χ0v) is 17.1. The maximum Gasteiger partial charge on any atom is 0.223 e. The molecule has 1 aromatic heterocycles. The molecule has 3 rings (SSSR count). The topological polar surface area (TPSA) is 63.1 Å². The Morgan fingerprint density at radius 3 is 2.63 bits per heavy atom. The smallest absolute Gasteiger partial charge is 0.223 e. The van der Waals surface area contributed by atoms with E-state index in [9.17, 15) is 4.79 Å². The van der Waals surface area contributed by atoms with Crippen molar-refractivity contribution in [3.8, 4) is 0 Å². The average Bonchev–Trinajstić information content (AvgIpc) is 2.92. The third kappa shape index (κ3) is 4.56. The Labute approximate surface area is 162 Å². The average molecular weight is 370 g/mol. The van der Waals surface area contributed by atoms with E-state index in [4.69, 9.17) is 0 Å². The molecule has 6 heteroatoms. The molecule has 1 N–H and O–H groups in total. The molecule has 0 radical (unpaired) electrons. The molecular formula is C21H31N5O. The van der Waals surface area contributed by atoms with E-state index in [2.05, 4.69) is 57.0 Å². The van der Waals surface area contributed by atoms with Crippen molar-refractivity contribution in [1.29, 1.82) is 0 Å². The van der Waals surface area contributed by atoms with Crippen molar-refractivity contribution in [2.75, 3.05) is 13.1 Å². The lowest BCUT2D eigenvalue weighted by Crippen LogP contribution is -2.32. The molecule has 0 saturated heterocycles. The van der Waals surface area contributed by atoms with Crippen molar-refractivity contribution < 1.29 is 4.79 Å². The maximum atomic E-state index is 12.0. The number of benzene rings is 1. The minimum atomic E-state index is -0.132. The number of carbonyl (C=O) groups excluding carboxylic acids is 1. The van der Waals surface area contributed by atoms with Crippen molar-refractivity contribution in [2.45, 2.75) is 60.2 Å². The van der Waals surface area contributed by atoms with Crippen molar-refractivity contribution in [3.63, 3.8) is 0 Å². The second-order valence-electron chi connectivity index (χ2n) is 7.97. The number of hydrogen-bond donors (Lipinski definition) is 1. The summed E-state index contributed by atoms with van der Waals surface area (Å²) in [5.74, 6) is 1.88. The first-order valence-electron chi connectivity index (χ1n) is 9.86. The molecular weight excluding hydrogens is 338 g/mol. The fraction of sp³-hybridized carbons (Fsp3) is 0.571. The van der Waals surface area contributed by atoms with E-state index in [0.717, 1.165) is 44.2 Å². The van der Waals surface area contributed by atoms with Crippen LogP contribution in [0.5, 0.6) is 0 Å². The Morgan fingerprint density at radius 2 is 1.93 bits per heavy atom. The monoisotopic (exact) mass is 369 g/mol. The van der Waals surface area contributed by atoms with Crippen LogP contribution in [0.1, 0.15) is 55.2 Å². The van der Waals surface area contributed by atoms with Gasteiger partial charge in [0.1, 0.15) is 5.82 Å².